The molecular formula is C12H21N3O4S. The average Bonchev–Trinajstić information content (AvgIpc) is 2.38. The topological polar surface area (TPSA) is 98.7 Å². The highest BCUT2D eigenvalue weighted by Gasteiger charge is 2.35. The normalized spacial score (nSPS) is 20.2. The summed E-state index contributed by atoms with van der Waals surface area (Å²) in [6.45, 7) is 3.66. The molecule has 1 rings (SSSR count). The molecule has 1 aliphatic heterocycles. The molecule has 3 N–H and O–H groups in total. The minimum absolute atomic E-state index is 0.0539. The van der Waals surface area contributed by atoms with Crippen molar-refractivity contribution in [1.29, 1.82) is 0 Å². The Morgan fingerprint density at radius 2 is 2.30 bits per heavy atom. The molecule has 2 unspecified atom stereocenters. The zero-order valence-electron chi connectivity index (χ0n) is 11.7. The van der Waals surface area contributed by atoms with E-state index in [0.717, 1.165) is 22.8 Å². The number of urea groups is 1. The van der Waals surface area contributed by atoms with Crippen molar-refractivity contribution in [2.24, 2.45) is 0 Å². The van der Waals surface area contributed by atoms with E-state index in [4.69, 9.17) is 5.11 Å². The van der Waals surface area contributed by atoms with Crippen LogP contribution in [0.4, 0.5) is 4.79 Å². The maximum absolute atomic E-state index is 12.1. The fraction of sp³-hybridized carbons (Fsp3) is 0.750. The first kappa shape index (κ1) is 16.6. The summed E-state index contributed by atoms with van der Waals surface area (Å²) in [6, 6.07) is -1.56. The van der Waals surface area contributed by atoms with Crippen LogP contribution in [0, 0.1) is 0 Å². The van der Waals surface area contributed by atoms with E-state index in [2.05, 4.69) is 17.6 Å². The highest BCUT2D eigenvalue weighted by molar-refractivity contribution is 7.99. The molecule has 3 amide bonds. The minimum atomic E-state index is -1.12. The van der Waals surface area contributed by atoms with Crippen LogP contribution in [-0.4, -0.2) is 64.6 Å². The standard InChI is InChI=1S/C12H21N3O4S/c1-3-20-5-4-8(2)14-12(19)15-7-10(16)13-6-9(15)11(17)18/h8-9H,3-7H2,1-2H3,(H,13,16)(H,14,19)(H,17,18). The van der Waals surface area contributed by atoms with Crippen molar-refractivity contribution in [1.82, 2.24) is 15.5 Å². The number of aliphatic carboxylic acids is 1. The fourth-order valence-electron chi connectivity index (χ4n) is 1.85. The number of hydrogen-bond acceptors (Lipinski definition) is 4. The van der Waals surface area contributed by atoms with Crippen LogP contribution < -0.4 is 10.6 Å². The predicted molar refractivity (Wildman–Crippen MR) is 76.7 cm³/mol. The summed E-state index contributed by atoms with van der Waals surface area (Å²) in [6.07, 6.45) is 0.808. The molecule has 0 aliphatic carbocycles. The van der Waals surface area contributed by atoms with E-state index in [-0.39, 0.29) is 25.0 Å². The lowest BCUT2D eigenvalue weighted by atomic mass is 10.2. The summed E-state index contributed by atoms with van der Waals surface area (Å²) in [4.78, 5) is 35.6. The predicted octanol–water partition coefficient (Wildman–Crippen LogP) is 0.113. The second-order valence-electron chi connectivity index (χ2n) is 4.62. The van der Waals surface area contributed by atoms with Crippen LogP contribution in [0.3, 0.4) is 0 Å². The van der Waals surface area contributed by atoms with Crippen LogP contribution in [-0.2, 0) is 9.59 Å². The molecule has 1 heterocycles. The first-order chi connectivity index (χ1) is 9.45. The smallest absolute Gasteiger partial charge is 0.328 e. The van der Waals surface area contributed by atoms with Gasteiger partial charge in [0.25, 0.3) is 0 Å². The molecule has 0 radical (unpaired) electrons. The van der Waals surface area contributed by atoms with Gasteiger partial charge < -0.3 is 15.7 Å². The highest BCUT2D eigenvalue weighted by atomic mass is 32.2. The van der Waals surface area contributed by atoms with E-state index in [1.165, 1.54) is 0 Å². The third-order valence-corrected chi connectivity index (χ3v) is 3.93. The first-order valence-electron chi connectivity index (χ1n) is 6.60. The van der Waals surface area contributed by atoms with Gasteiger partial charge in [0.1, 0.15) is 12.6 Å². The number of nitrogens with one attached hydrogen (secondary N) is 2. The van der Waals surface area contributed by atoms with Gasteiger partial charge in [0.15, 0.2) is 0 Å². The number of thioether (sulfide) groups is 1. The lowest BCUT2D eigenvalue weighted by Gasteiger charge is -2.33. The molecule has 0 bridgehead atoms. The molecule has 0 saturated carbocycles. The van der Waals surface area contributed by atoms with Crippen LogP contribution in [0.2, 0.25) is 0 Å². The molecule has 1 saturated heterocycles. The Morgan fingerprint density at radius 3 is 2.90 bits per heavy atom. The molecule has 0 spiro atoms. The number of carbonyl (C=O) groups is 3. The Morgan fingerprint density at radius 1 is 1.60 bits per heavy atom. The van der Waals surface area contributed by atoms with Crippen LogP contribution in [0.5, 0.6) is 0 Å². The molecule has 0 aromatic carbocycles. The van der Waals surface area contributed by atoms with Crippen molar-refractivity contribution in [3.8, 4) is 0 Å². The van der Waals surface area contributed by atoms with E-state index >= 15 is 0 Å². The van der Waals surface area contributed by atoms with Gasteiger partial charge in [-0.3, -0.25) is 9.69 Å². The van der Waals surface area contributed by atoms with Crippen molar-refractivity contribution in [3.63, 3.8) is 0 Å². The van der Waals surface area contributed by atoms with E-state index in [1.807, 2.05) is 6.92 Å². The van der Waals surface area contributed by atoms with Crippen molar-refractivity contribution >= 4 is 29.7 Å². The van der Waals surface area contributed by atoms with Gasteiger partial charge in [-0.05, 0) is 24.9 Å². The molecule has 0 aromatic rings. The Labute approximate surface area is 122 Å². The molecule has 20 heavy (non-hydrogen) atoms. The fourth-order valence-corrected chi connectivity index (χ4v) is 2.65. The number of carbonyl (C=O) groups excluding carboxylic acids is 2. The van der Waals surface area contributed by atoms with Gasteiger partial charge in [-0.1, -0.05) is 6.92 Å². The van der Waals surface area contributed by atoms with E-state index < -0.39 is 18.0 Å². The molecular weight excluding hydrogens is 282 g/mol. The van der Waals surface area contributed by atoms with Gasteiger partial charge >= 0.3 is 12.0 Å². The SMILES string of the molecule is CCSCCC(C)NC(=O)N1CC(=O)NCC1C(=O)O. The summed E-state index contributed by atoms with van der Waals surface area (Å²) in [5.41, 5.74) is 0. The van der Waals surface area contributed by atoms with Gasteiger partial charge in [0.05, 0.1) is 0 Å². The van der Waals surface area contributed by atoms with Crippen LogP contribution in [0.25, 0.3) is 0 Å². The van der Waals surface area contributed by atoms with E-state index in [1.54, 1.807) is 11.8 Å². The zero-order chi connectivity index (χ0) is 15.1. The van der Waals surface area contributed by atoms with Gasteiger partial charge in [-0.15, -0.1) is 0 Å². The summed E-state index contributed by atoms with van der Waals surface area (Å²) in [7, 11) is 0. The molecule has 0 aromatic heterocycles. The molecule has 1 aliphatic rings. The number of rotatable bonds is 6. The average molecular weight is 303 g/mol. The largest absolute Gasteiger partial charge is 0.480 e. The van der Waals surface area contributed by atoms with Gasteiger partial charge in [0, 0.05) is 12.6 Å². The van der Waals surface area contributed by atoms with Gasteiger partial charge in [-0.2, -0.15) is 11.8 Å². The van der Waals surface area contributed by atoms with E-state index in [9.17, 15) is 14.4 Å². The summed E-state index contributed by atoms with van der Waals surface area (Å²) in [5.74, 6) is 0.496. The Kier molecular flexibility index (Phi) is 6.63. The number of amides is 3. The molecule has 114 valence electrons. The number of nitrogens with zero attached hydrogens (tertiary/aromatic N) is 1. The summed E-state index contributed by atoms with van der Waals surface area (Å²) >= 11 is 1.78. The number of carboxylic acids is 1. The number of piperazine rings is 1. The monoisotopic (exact) mass is 303 g/mol. The Balaban J connectivity index is 2.54. The summed E-state index contributed by atoms with van der Waals surface area (Å²) < 4.78 is 0. The second kappa shape index (κ2) is 7.98. The highest BCUT2D eigenvalue weighted by Crippen LogP contribution is 2.07. The second-order valence-corrected chi connectivity index (χ2v) is 6.02. The molecule has 7 nitrogen and oxygen atoms in total. The third kappa shape index (κ3) is 4.92. The lowest BCUT2D eigenvalue weighted by molar-refractivity contribution is -0.144. The van der Waals surface area contributed by atoms with Crippen LogP contribution >= 0.6 is 11.8 Å². The van der Waals surface area contributed by atoms with Crippen molar-refractivity contribution < 1.29 is 19.5 Å². The minimum Gasteiger partial charge on any atom is -0.480 e. The maximum Gasteiger partial charge on any atom is 0.328 e. The van der Waals surface area contributed by atoms with Crippen molar-refractivity contribution in [2.75, 3.05) is 24.6 Å². The van der Waals surface area contributed by atoms with E-state index in [0.29, 0.717) is 0 Å². The first-order valence-corrected chi connectivity index (χ1v) is 7.75. The zero-order valence-corrected chi connectivity index (χ0v) is 12.5. The molecule has 2 atom stereocenters. The van der Waals surface area contributed by atoms with Gasteiger partial charge in [0.2, 0.25) is 5.91 Å². The quantitative estimate of drug-likeness (QED) is 0.605. The molecule has 1 fully saturated rings. The van der Waals surface area contributed by atoms with Gasteiger partial charge in [-0.25, -0.2) is 9.59 Å². The van der Waals surface area contributed by atoms with Crippen LogP contribution in [0.1, 0.15) is 20.3 Å². The third-order valence-electron chi connectivity index (χ3n) is 3.00. The number of hydrogen-bond donors (Lipinski definition) is 3. The van der Waals surface area contributed by atoms with Crippen molar-refractivity contribution in [2.45, 2.75) is 32.4 Å². The molecule has 8 heteroatoms. The Hall–Kier alpha value is -1.44. The lowest BCUT2D eigenvalue weighted by Crippen LogP contribution is -2.62. The number of carboxylic acid groups (broad SMARTS) is 1. The Bertz CT molecular complexity index is 378. The summed E-state index contributed by atoms with van der Waals surface area (Å²) in [5, 5.41) is 14.3. The maximum atomic E-state index is 12.1. The van der Waals surface area contributed by atoms with Crippen LogP contribution in [0.15, 0.2) is 0 Å². The van der Waals surface area contributed by atoms with Crippen molar-refractivity contribution in [3.05, 3.63) is 0 Å².